The monoisotopic (exact) mass is 234 g/mol. The molecule has 0 saturated carbocycles. The molecule has 0 saturated heterocycles. The van der Waals surface area contributed by atoms with Crippen molar-refractivity contribution in [1.29, 1.82) is 0 Å². The van der Waals surface area contributed by atoms with E-state index in [1.165, 1.54) is 0 Å². The number of nitrogens with zero attached hydrogens (tertiary/aromatic N) is 2. The maximum absolute atomic E-state index is 9.03. The van der Waals surface area contributed by atoms with Crippen molar-refractivity contribution in [3.63, 3.8) is 0 Å². The van der Waals surface area contributed by atoms with Gasteiger partial charge in [0.25, 0.3) is 0 Å². The van der Waals surface area contributed by atoms with Crippen LogP contribution in [0.3, 0.4) is 0 Å². The Morgan fingerprint density at radius 1 is 1.19 bits per heavy atom. The molecule has 0 unspecified atom stereocenters. The Balaban J connectivity index is 2.47. The van der Waals surface area contributed by atoms with Gasteiger partial charge in [0.15, 0.2) is 5.82 Å². The van der Waals surface area contributed by atoms with E-state index in [0.29, 0.717) is 10.8 Å². The average Bonchev–Trinajstić information content (AvgIpc) is 2.29. The van der Waals surface area contributed by atoms with Crippen LogP contribution in [0.1, 0.15) is 11.5 Å². The smallest absolute Gasteiger partial charge is 0.154 e. The number of hydrogen-bond acceptors (Lipinski definition) is 3. The molecule has 0 aliphatic heterocycles. The number of aromatic nitrogens is 2. The highest BCUT2D eigenvalue weighted by Crippen LogP contribution is 2.20. The lowest BCUT2D eigenvalue weighted by atomic mass is 10.1. The number of halogens is 1. The Morgan fingerprint density at radius 2 is 1.88 bits per heavy atom. The second kappa shape index (κ2) is 4.60. The molecule has 4 heteroatoms. The highest BCUT2D eigenvalue weighted by atomic mass is 35.5. The minimum Gasteiger partial charge on any atom is -0.388 e. The molecule has 1 aromatic carbocycles. The second-order valence-electron chi connectivity index (χ2n) is 3.48. The second-order valence-corrected chi connectivity index (χ2v) is 3.91. The maximum atomic E-state index is 9.03. The van der Waals surface area contributed by atoms with Gasteiger partial charge in [-0.2, -0.15) is 0 Å². The van der Waals surface area contributed by atoms with E-state index in [-0.39, 0.29) is 6.61 Å². The van der Waals surface area contributed by atoms with Crippen LogP contribution in [0.5, 0.6) is 0 Å². The summed E-state index contributed by atoms with van der Waals surface area (Å²) in [5, 5.41) is 9.72. The van der Waals surface area contributed by atoms with Gasteiger partial charge in [-0.15, -0.1) is 0 Å². The minimum atomic E-state index is -0.151. The van der Waals surface area contributed by atoms with Crippen molar-refractivity contribution in [3.05, 3.63) is 46.9 Å². The Bertz CT molecular complexity index is 497. The number of aryl methyl sites for hydroxylation is 1. The van der Waals surface area contributed by atoms with Crippen LogP contribution in [0.25, 0.3) is 11.3 Å². The molecule has 2 aromatic rings. The third-order valence-corrected chi connectivity index (χ3v) is 2.43. The van der Waals surface area contributed by atoms with E-state index in [1.54, 1.807) is 0 Å². The molecule has 3 nitrogen and oxygen atoms in total. The van der Waals surface area contributed by atoms with Gasteiger partial charge in [0.05, 0.1) is 5.69 Å². The van der Waals surface area contributed by atoms with Crippen molar-refractivity contribution in [1.82, 2.24) is 9.97 Å². The third-order valence-electron chi connectivity index (χ3n) is 2.18. The molecular formula is C12H11ClN2O. The van der Waals surface area contributed by atoms with Crippen LogP contribution in [0.2, 0.25) is 5.02 Å². The summed E-state index contributed by atoms with van der Waals surface area (Å²) < 4.78 is 0. The van der Waals surface area contributed by atoms with E-state index in [0.717, 1.165) is 17.0 Å². The lowest BCUT2D eigenvalue weighted by Gasteiger charge is -2.04. The Hall–Kier alpha value is -1.45. The molecule has 0 fully saturated rings. The fraction of sp³-hybridized carbons (Fsp3) is 0.167. The van der Waals surface area contributed by atoms with Crippen molar-refractivity contribution >= 4 is 11.6 Å². The fourth-order valence-corrected chi connectivity index (χ4v) is 1.60. The molecule has 1 heterocycles. The van der Waals surface area contributed by atoms with Gasteiger partial charge in [0.2, 0.25) is 0 Å². The van der Waals surface area contributed by atoms with Gasteiger partial charge in [-0.05, 0) is 25.1 Å². The van der Waals surface area contributed by atoms with Gasteiger partial charge in [0, 0.05) is 16.3 Å². The Morgan fingerprint density at radius 3 is 2.50 bits per heavy atom. The molecule has 0 amide bonds. The highest BCUT2D eigenvalue weighted by molar-refractivity contribution is 6.30. The predicted molar refractivity (Wildman–Crippen MR) is 63.1 cm³/mol. The summed E-state index contributed by atoms with van der Waals surface area (Å²) in [7, 11) is 0. The first-order chi connectivity index (χ1) is 7.69. The van der Waals surface area contributed by atoms with E-state index in [4.69, 9.17) is 16.7 Å². The zero-order chi connectivity index (χ0) is 11.5. The molecular weight excluding hydrogens is 224 g/mol. The van der Waals surface area contributed by atoms with E-state index in [9.17, 15) is 0 Å². The van der Waals surface area contributed by atoms with Gasteiger partial charge >= 0.3 is 0 Å². The van der Waals surface area contributed by atoms with Crippen LogP contribution in [-0.4, -0.2) is 15.1 Å². The quantitative estimate of drug-likeness (QED) is 0.869. The molecule has 0 aliphatic carbocycles. The summed E-state index contributed by atoms with van der Waals surface area (Å²) >= 11 is 5.82. The molecule has 2 rings (SSSR count). The third kappa shape index (κ3) is 2.38. The number of aliphatic hydroxyl groups excluding tert-OH is 1. The number of rotatable bonds is 2. The molecule has 1 aromatic heterocycles. The van der Waals surface area contributed by atoms with E-state index in [1.807, 2.05) is 37.3 Å². The lowest BCUT2D eigenvalue weighted by Crippen LogP contribution is -1.98. The largest absolute Gasteiger partial charge is 0.388 e. The van der Waals surface area contributed by atoms with Crippen LogP contribution < -0.4 is 0 Å². The van der Waals surface area contributed by atoms with Crippen LogP contribution in [-0.2, 0) is 6.61 Å². The zero-order valence-electron chi connectivity index (χ0n) is 8.81. The molecule has 16 heavy (non-hydrogen) atoms. The topological polar surface area (TPSA) is 46.0 Å². The van der Waals surface area contributed by atoms with Crippen LogP contribution in [0.15, 0.2) is 30.3 Å². The van der Waals surface area contributed by atoms with Gasteiger partial charge in [-0.25, -0.2) is 9.97 Å². The summed E-state index contributed by atoms with van der Waals surface area (Å²) in [6, 6.07) is 9.29. The molecule has 0 aliphatic rings. The first kappa shape index (κ1) is 11.0. The Labute approximate surface area is 98.8 Å². The van der Waals surface area contributed by atoms with Gasteiger partial charge in [-0.1, -0.05) is 23.7 Å². The average molecular weight is 235 g/mol. The first-order valence-corrected chi connectivity index (χ1v) is 5.28. The predicted octanol–water partition coefficient (Wildman–Crippen LogP) is 2.60. The molecule has 0 radical (unpaired) electrons. The molecule has 0 bridgehead atoms. The summed E-state index contributed by atoms with van der Waals surface area (Å²) in [5.74, 6) is 0.435. The van der Waals surface area contributed by atoms with Crippen molar-refractivity contribution < 1.29 is 5.11 Å². The SMILES string of the molecule is Cc1cc(-c2ccc(Cl)cc2)nc(CO)n1. The van der Waals surface area contributed by atoms with Crippen molar-refractivity contribution in [2.24, 2.45) is 0 Å². The minimum absolute atomic E-state index is 0.151. The number of hydrogen-bond donors (Lipinski definition) is 1. The summed E-state index contributed by atoms with van der Waals surface area (Å²) in [5.41, 5.74) is 2.60. The van der Waals surface area contributed by atoms with Crippen LogP contribution in [0, 0.1) is 6.92 Å². The van der Waals surface area contributed by atoms with Crippen molar-refractivity contribution in [2.45, 2.75) is 13.5 Å². The van der Waals surface area contributed by atoms with E-state index < -0.39 is 0 Å². The van der Waals surface area contributed by atoms with Crippen LogP contribution >= 0.6 is 11.6 Å². The molecule has 0 atom stereocenters. The van der Waals surface area contributed by atoms with Gasteiger partial charge in [0.1, 0.15) is 6.61 Å². The summed E-state index contributed by atoms with van der Waals surface area (Å²) in [6.45, 7) is 1.72. The number of benzene rings is 1. The van der Waals surface area contributed by atoms with Crippen LogP contribution in [0.4, 0.5) is 0 Å². The van der Waals surface area contributed by atoms with Crippen molar-refractivity contribution in [2.75, 3.05) is 0 Å². The lowest BCUT2D eigenvalue weighted by molar-refractivity contribution is 0.271. The molecule has 82 valence electrons. The first-order valence-electron chi connectivity index (χ1n) is 4.90. The zero-order valence-corrected chi connectivity index (χ0v) is 9.57. The Kier molecular flexibility index (Phi) is 3.17. The van der Waals surface area contributed by atoms with Gasteiger partial charge < -0.3 is 5.11 Å². The summed E-state index contributed by atoms with van der Waals surface area (Å²) in [6.07, 6.45) is 0. The normalized spacial score (nSPS) is 10.4. The summed E-state index contributed by atoms with van der Waals surface area (Å²) in [4.78, 5) is 8.36. The molecule has 1 N–H and O–H groups in total. The van der Waals surface area contributed by atoms with Gasteiger partial charge in [-0.3, -0.25) is 0 Å². The standard InChI is InChI=1S/C12H11ClN2O/c1-8-6-11(15-12(7-16)14-8)9-2-4-10(13)5-3-9/h2-6,16H,7H2,1H3. The highest BCUT2D eigenvalue weighted by Gasteiger charge is 2.03. The van der Waals surface area contributed by atoms with Crippen molar-refractivity contribution in [3.8, 4) is 11.3 Å². The molecule has 0 spiro atoms. The van der Waals surface area contributed by atoms with E-state index >= 15 is 0 Å². The number of aliphatic hydroxyl groups is 1. The fourth-order valence-electron chi connectivity index (χ4n) is 1.47. The van der Waals surface area contributed by atoms with E-state index in [2.05, 4.69) is 9.97 Å². The maximum Gasteiger partial charge on any atom is 0.154 e.